The van der Waals surface area contributed by atoms with Crippen LogP contribution in [0.15, 0.2) is 0 Å². The van der Waals surface area contributed by atoms with Crippen molar-refractivity contribution in [2.75, 3.05) is 19.5 Å². The highest BCUT2D eigenvalue weighted by molar-refractivity contribution is 7.99. The molecule has 100 valence electrons. The Bertz CT molecular complexity index is 233. The van der Waals surface area contributed by atoms with Gasteiger partial charge in [-0.05, 0) is 25.2 Å². The Morgan fingerprint density at radius 3 is 2.82 bits per heavy atom. The molecule has 0 aromatic rings. The summed E-state index contributed by atoms with van der Waals surface area (Å²) in [6.45, 7) is 2.92. The molecule has 1 aliphatic rings. The standard InChI is InChI=1S/C13H24O3S/c1-3-4-10-5-6-11(13(14)15)12(9-10)17-8-7-16-2/h10-12H,3-9H2,1-2H3,(H,14,15). The summed E-state index contributed by atoms with van der Waals surface area (Å²) in [5.74, 6) is 0.875. The Labute approximate surface area is 108 Å². The van der Waals surface area contributed by atoms with Crippen LogP contribution in [0.3, 0.4) is 0 Å². The fourth-order valence-electron chi connectivity index (χ4n) is 2.63. The molecular weight excluding hydrogens is 236 g/mol. The number of methoxy groups -OCH3 is 1. The van der Waals surface area contributed by atoms with E-state index in [2.05, 4.69) is 6.92 Å². The molecule has 1 fully saturated rings. The maximum atomic E-state index is 11.2. The lowest BCUT2D eigenvalue weighted by Gasteiger charge is -2.33. The third-order valence-corrected chi connectivity index (χ3v) is 4.89. The molecule has 3 atom stereocenters. The van der Waals surface area contributed by atoms with Crippen molar-refractivity contribution in [1.82, 2.24) is 0 Å². The molecule has 1 N–H and O–H groups in total. The van der Waals surface area contributed by atoms with Crippen molar-refractivity contribution in [1.29, 1.82) is 0 Å². The largest absolute Gasteiger partial charge is 0.481 e. The summed E-state index contributed by atoms with van der Waals surface area (Å²) in [4.78, 5) is 11.2. The lowest BCUT2D eigenvalue weighted by molar-refractivity contribution is -0.142. The van der Waals surface area contributed by atoms with Crippen molar-refractivity contribution in [2.24, 2.45) is 11.8 Å². The highest BCUT2D eigenvalue weighted by Crippen LogP contribution is 2.38. The normalized spacial score (nSPS) is 29.2. The van der Waals surface area contributed by atoms with Gasteiger partial charge in [0.25, 0.3) is 0 Å². The van der Waals surface area contributed by atoms with Gasteiger partial charge in [-0.2, -0.15) is 11.8 Å². The molecule has 0 heterocycles. The average molecular weight is 260 g/mol. The summed E-state index contributed by atoms with van der Waals surface area (Å²) in [7, 11) is 1.69. The average Bonchev–Trinajstić information content (AvgIpc) is 2.30. The SMILES string of the molecule is CCCC1CCC(C(=O)O)C(SCCOC)C1. The van der Waals surface area contributed by atoms with Gasteiger partial charge in [-0.25, -0.2) is 0 Å². The van der Waals surface area contributed by atoms with Crippen molar-refractivity contribution in [3.63, 3.8) is 0 Å². The Hall–Kier alpha value is -0.220. The zero-order valence-corrected chi connectivity index (χ0v) is 11.7. The summed E-state index contributed by atoms with van der Waals surface area (Å²) < 4.78 is 5.03. The summed E-state index contributed by atoms with van der Waals surface area (Å²) in [5.41, 5.74) is 0. The molecule has 0 amide bonds. The number of carboxylic acid groups (broad SMARTS) is 1. The quantitative estimate of drug-likeness (QED) is 0.715. The maximum absolute atomic E-state index is 11.2. The van der Waals surface area contributed by atoms with Crippen molar-refractivity contribution < 1.29 is 14.6 Å². The van der Waals surface area contributed by atoms with E-state index in [0.717, 1.165) is 30.9 Å². The summed E-state index contributed by atoms with van der Waals surface area (Å²) in [6.07, 6.45) is 5.46. The second-order valence-electron chi connectivity index (χ2n) is 4.81. The van der Waals surface area contributed by atoms with Crippen molar-refractivity contribution in [3.8, 4) is 0 Å². The van der Waals surface area contributed by atoms with Crippen LogP contribution < -0.4 is 0 Å². The minimum Gasteiger partial charge on any atom is -0.481 e. The van der Waals surface area contributed by atoms with Crippen LogP contribution >= 0.6 is 11.8 Å². The fourth-order valence-corrected chi connectivity index (χ4v) is 4.09. The van der Waals surface area contributed by atoms with E-state index >= 15 is 0 Å². The molecule has 1 saturated carbocycles. The lowest BCUT2D eigenvalue weighted by Crippen LogP contribution is -2.33. The number of carboxylic acids is 1. The van der Waals surface area contributed by atoms with Crippen LogP contribution in [0.4, 0.5) is 0 Å². The third-order valence-electron chi connectivity index (χ3n) is 3.53. The van der Waals surface area contributed by atoms with E-state index in [9.17, 15) is 9.90 Å². The van der Waals surface area contributed by atoms with Crippen molar-refractivity contribution in [2.45, 2.75) is 44.3 Å². The topological polar surface area (TPSA) is 46.5 Å². The van der Waals surface area contributed by atoms with Crippen molar-refractivity contribution >= 4 is 17.7 Å². The highest BCUT2D eigenvalue weighted by Gasteiger charge is 2.34. The molecule has 0 aromatic carbocycles. The predicted molar refractivity (Wildman–Crippen MR) is 71.5 cm³/mol. The first-order valence-corrected chi connectivity index (χ1v) is 7.57. The van der Waals surface area contributed by atoms with Crippen LogP contribution in [-0.4, -0.2) is 35.8 Å². The Morgan fingerprint density at radius 1 is 1.47 bits per heavy atom. The minimum atomic E-state index is -0.616. The lowest BCUT2D eigenvalue weighted by atomic mass is 9.80. The van der Waals surface area contributed by atoms with Gasteiger partial charge in [0.2, 0.25) is 0 Å². The van der Waals surface area contributed by atoms with E-state index in [0.29, 0.717) is 6.61 Å². The Balaban J connectivity index is 2.47. The number of hydrogen-bond acceptors (Lipinski definition) is 3. The predicted octanol–water partition coefficient (Wildman–Crippen LogP) is 3.04. The van der Waals surface area contributed by atoms with Crippen LogP contribution in [0.5, 0.6) is 0 Å². The summed E-state index contributed by atoms with van der Waals surface area (Å²) in [5, 5.41) is 9.52. The van der Waals surface area contributed by atoms with Gasteiger partial charge in [-0.15, -0.1) is 0 Å². The number of thioether (sulfide) groups is 1. The first-order chi connectivity index (χ1) is 8.19. The number of rotatable bonds is 7. The van der Waals surface area contributed by atoms with Crippen LogP contribution in [-0.2, 0) is 9.53 Å². The molecule has 0 saturated heterocycles. The van der Waals surface area contributed by atoms with Gasteiger partial charge >= 0.3 is 5.97 Å². The third kappa shape index (κ3) is 4.88. The summed E-state index contributed by atoms with van der Waals surface area (Å²) >= 11 is 1.78. The van der Waals surface area contributed by atoms with E-state index in [1.54, 1.807) is 18.9 Å². The van der Waals surface area contributed by atoms with E-state index in [4.69, 9.17) is 4.74 Å². The maximum Gasteiger partial charge on any atom is 0.307 e. The van der Waals surface area contributed by atoms with E-state index < -0.39 is 5.97 Å². The molecule has 1 aliphatic carbocycles. The van der Waals surface area contributed by atoms with Gasteiger partial charge in [0, 0.05) is 18.1 Å². The van der Waals surface area contributed by atoms with Gasteiger partial charge < -0.3 is 9.84 Å². The molecule has 0 aromatic heterocycles. The zero-order chi connectivity index (χ0) is 12.7. The fraction of sp³-hybridized carbons (Fsp3) is 0.923. The molecule has 0 bridgehead atoms. The number of carbonyl (C=O) groups is 1. The first-order valence-electron chi connectivity index (χ1n) is 6.52. The molecule has 4 heteroatoms. The first kappa shape index (κ1) is 14.8. The molecule has 3 unspecified atom stereocenters. The van der Waals surface area contributed by atoms with E-state index in [1.165, 1.54) is 12.8 Å². The van der Waals surface area contributed by atoms with Gasteiger partial charge in [0.05, 0.1) is 12.5 Å². The number of ether oxygens (including phenoxy) is 1. The Morgan fingerprint density at radius 2 is 2.24 bits per heavy atom. The second-order valence-corrected chi connectivity index (χ2v) is 6.16. The summed E-state index contributed by atoms with van der Waals surface area (Å²) in [6, 6.07) is 0. The Kier molecular flexibility index (Phi) is 6.97. The van der Waals surface area contributed by atoms with E-state index in [1.807, 2.05) is 0 Å². The van der Waals surface area contributed by atoms with Crippen LogP contribution in [0.1, 0.15) is 39.0 Å². The molecule has 0 aliphatic heterocycles. The van der Waals surface area contributed by atoms with Gasteiger partial charge in [-0.1, -0.05) is 19.8 Å². The monoisotopic (exact) mass is 260 g/mol. The molecule has 0 spiro atoms. The minimum absolute atomic E-state index is 0.148. The zero-order valence-electron chi connectivity index (χ0n) is 10.9. The van der Waals surface area contributed by atoms with Crippen LogP contribution in [0.2, 0.25) is 0 Å². The van der Waals surface area contributed by atoms with Crippen molar-refractivity contribution in [3.05, 3.63) is 0 Å². The molecule has 17 heavy (non-hydrogen) atoms. The smallest absolute Gasteiger partial charge is 0.307 e. The van der Waals surface area contributed by atoms with E-state index in [-0.39, 0.29) is 11.2 Å². The van der Waals surface area contributed by atoms with Gasteiger partial charge in [0.1, 0.15) is 0 Å². The molecule has 3 nitrogen and oxygen atoms in total. The molecular formula is C13H24O3S. The van der Waals surface area contributed by atoms with Gasteiger partial charge in [-0.3, -0.25) is 4.79 Å². The number of aliphatic carboxylic acids is 1. The molecule has 0 radical (unpaired) electrons. The number of hydrogen-bond donors (Lipinski definition) is 1. The molecule has 1 rings (SSSR count). The highest BCUT2D eigenvalue weighted by atomic mass is 32.2. The van der Waals surface area contributed by atoms with Crippen LogP contribution in [0, 0.1) is 11.8 Å². The van der Waals surface area contributed by atoms with Gasteiger partial charge in [0.15, 0.2) is 0 Å². The van der Waals surface area contributed by atoms with Crippen LogP contribution in [0.25, 0.3) is 0 Å². The second kappa shape index (κ2) is 7.98.